The molecule has 0 saturated heterocycles. The Kier molecular flexibility index (Phi) is 9.41. The van der Waals surface area contributed by atoms with Gasteiger partial charge >= 0.3 is 0 Å². The van der Waals surface area contributed by atoms with Gasteiger partial charge in [-0.15, -0.1) is 10.1 Å². The fourth-order valence-electron chi connectivity index (χ4n) is 1.90. The third-order valence-electron chi connectivity index (χ3n) is 2.91. The molecule has 17 heavy (non-hydrogen) atoms. The molecule has 0 aromatic carbocycles. The van der Waals surface area contributed by atoms with Gasteiger partial charge in [-0.25, -0.2) is 0 Å². The average molecular weight is 240 g/mol. The third kappa shape index (κ3) is 9.85. The van der Waals surface area contributed by atoms with E-state index >= 15 is 0 Å². The summed E-state index contributed by atoms with van der Waals surface area (Å²) in [6, 6.07) is 0. The molecule has 0 aromatic heterocycles. The molecule has 98 valence electrons. The standard InChI is InChI=1S/C13H24N2O2/c1-2-4-6-8-10-12-14-15-17-16-13-11-9-7-5-3-1/h11,13H,1-10,12H2/b13-11-,15-14+. The first kappa shape index (κ1) is 14.0. The average Bonchev–Trinajstić information content (AvgIpc) is 2.35. The van der Waals surface area contributed by atoms with Gasteiger partial charge in [0.15, 0.2) is 0 Å². The molecule has 0 spiro atoms. The van der Waals surface area contributed by atoms with Crippen LogP contribution in [-0.4, -0.2) is 6.54 Å². The Bertz CT molecular complexity index is 195. The molecule has 0 amide bonds. The Balaban J connectivity index is 2.13. The van der Waals surface area contributed by atoms with Crippen molar-refractivity contribution in [1.82, 2.24) is 0 Å². The zero-order valence-corrected chi connectivity index (χ0v) is 10.6. The number of nitrogens with zero attached hydrogens (tertiary/aromatic N) is 2. The molecule has 0 radical (unpaired) electrons. The summed E-state index contributed by atoms with van der Waals surface area (Å²) in [6.07, 6.45) is 16.2. The van der Waals surface area contributed by atoms with E-state index in [-0.39, 0.29) is 0 Å². The van der Waals surface area contributed by atoms with Crippen molar-refractivity contribution >= 4 is 0 Å². The molecule has 1 aliphatic heterocycles. The summed E-state index contributed by atoms with van der Waals surface area (Å²) in [5, 5.41) is 7.33. The van der Waals surface area contributed by atoms with Crippen LogP contribution in [-0.2, 0) is 9.88 Å². The molecular weight excluding hydrogens is 216 g/mol. The summed E-state index contributed by atoms with van der Waals surface area (Å²) >= 11 is 0. The Hall–Kier alpha value is -1.06. The molecule has 0 bridgehead atoms. The van der Waals surface area contributed by atoms with Crippen LogP contribution in [0.15, 0.2) is 22.7 Å². The van der Waals surface area contributed by atoms with E-state index in [0.717, 1.165) is 19.4 Å². The molecule has 4 heteroatoms. The van der Waals surface area contributed by atoms with E-state index in [9.17, 15) is 0 Å². The maximum absolute atomic E-state index is 4.72. The van der Waals surface area contributed by atoms with Gasteiger partial charge in [-0.3, -0.25) is 4.89 Å². The summed E-state index contributed by atoms with van der Waals surface area (Å²) < 4.78 is 0. The molecule has 1 aliphatic rings. The smallest absolute Gasteiger partial charge is 0.141 e. The molecule has 1 rings (SSSR count). The lowest BCUT2D eigenvalue weighted by Crippen LogP contribution is -1.84. The number of allylic oxidation sites excluding steroid dienone is 1. The maximum atomic E-state index is 4.72. The molecule has 0 unspecified atom stereocenters. The normalized spacial score (nSPS) is 24.9. The fraction of sp³-hybridized carbons (Fsp3) is 0.846. The van der Waals surface area contributed by atoms with Gasteiger partial charge in [0.2, 0.25) is 0 Å². The second-order valence-electron chi connectivity index (χ2n) is 4.46. The van der Waals surface area contributed by atoms with E-state index in [4.69, 9.17) is 4.89 Å². The lowest BCUT2D eigenvalue weighted by molar-refractivity contribution is -0.257. The Morgan fingerprint density at radius 2 is 1.41 bits per heavy atom. The van der Waals surface area contributed by atoms with Crippen LogP contribution in [0.4, 0.5) is 0 Å². The highest BCUT2D eigenvalue weighted by molar-refractivity contribution is 4.71. The quantitative estimate of drug-likeness (QED) is 0.574. The van der Waals surface area contributed by atoms with Crippen LogP contribution in [0.1, 0.15) is 64.2 Å². The first-order chi connectivity index (χ1) is 8.50. The van der Waals surface area contributed by atoms with Gasteiger partial charge in [0.1, 0.15) is 6.26 Å². The SMILES string of the molecule is C1=C\OO/N=N/CCCCCCCCCCC/1. The van der Waals surface area contributed by atoms with E-state index in [1.807, 2.05) is 6.08 Å². The number of hydrogen-bond donors (Lipinski definition) is 0. The van der Waals surface area contributed by atoms with Crippen molar-refractivity contribution in [3.05, 3.63) is 12.3 Å². The monoisotopic (exact) mass is 240 g/mol. The van der Waals surface area contributed by atoms with Crippen LogP contribution in [0.25, 0.3) is 0 Å². The second-order valence-corrected chi connectivity index (χ2v) is 4.46. The largest absolute Gasteiger partial charge is 0.274 e. The molecule has 0 N–H and O–H groups in total. The summed E-state index contributed by atoms with van der Waals surface area (Å²) in [5.74, 6) is 0. The van der Waals surface area contributed by atoms with E-state index in [0.29, 0.717) is 0 Å². The molecule has 1 heterocycles. The van der Waals surface area contributed by atoms with Crippen LogP contribution >= 0.6 is 0 Å². The Morgan fingerprint density at radius 3 is 2.18 bits per heavy atom. The first-order valence-corrected chi connectivity index (χ1v) is 6.84. The predicted molar refractivity (Wildman–Crippen MR) is 67.2 cm³/mol. The van der Waals surface area contributed by atoms with Crippen LogP contribution in [0.3, 0.4) is 0 Å². The zero-order valence-electron chi connectivity index (χ0n) is 10.6. The topological polar surface area (TPSA) is 43.2 Å². The predicted octanol–water partition coefficient (Wildman–Crippen LogP) is 4.73. The lowest BCUT2D eigenvalue weighted by Gasteiger charge is -2.00. The van der Waals surface area contributed by atoms with Crippen molar-refractivity contribution in [2.24, 2.45) is 10.4 Å². The highest BCUT2D eigenvalue weighted by Gasteiger charge is 1.93. The fourth-order valence-corrected chi connectivity index (χ4v) is 1.90. The van der Waals surface area contributed by atoms with E-state index in [1.54, 1.807) is 0 Å². The molecule has 0 aliphatic carbocycles. The van der Waals surface area contributed by atoms with Gasteiger partial charge in [-0.05, 0) is 25.3 Å². The third-order valence-corrected chi connectivity index (χ3v) is 2.91. The minimum absolute atomic E-state index is 0.729. The van der Waals surface area contributed by atoms with Crippen molar-refractivity contribution < 1.29 is 9.88 Å². The van der Waals surface area contributed by atoms with Crippen molar-refractivity contribution in [1.29, 1.82) is 0 Å². The van der Waals surface area contributed by atoms with Crippen molar-refractivity contribution in [2.45, 2.75) is 64.2 Å². The number of rotatable bonds is 0. The van der Waals surface area contributed by atoms with Crippen LogP contribution in [0.2, 0.25) is 0 Å². The number of hydrogen-bond acceptors (Lipinski definition) is 4. The molecule has 0 fully saturated rings. The van der Waals surface area contributed by atoms with Gasteiger partial charge in [0, 0.05) is 0 Å². The van der Waals surface area contributed by atoms with E-state index in [1.165, 1.54) is 57.6 Å². The van der Waals surface area contributed by atoms with Gasteiger partial charge in [0.05, 0.1) is 11.8 Å². The van der Waals surface area contributed by atoms with E-state index < -0.39 is 0 Å². The summed E-state index contributed by atoms with van der Waals surface area (Å²) in [6.45, 7) is 0.729. The minimum Gasteiger partial charge on any atom is -0.274 e. The van der Waals surface area contributed by atoms with Crippen LogP contribution < -0.4 is 0 Å². The Labute approximate surface area is 104 Å². The van der Waals surface area contributed by atoms with Crippen molar-refractivity contribution in [2.75, 3.05) is 6.54 Å². The first-order valence-electron chi connectivity index (χ1n) is 6.84. The summed E-state index contributed by atoms with van der Waals surface area (Å²) in [7, 11) is 0. The maximum Gasteiger partial charge on any atom is 0.141 e. The summed E-state index contributed by atoms with van der Waals surface area (Å²) in [5.41, 5.74) is 0. The second kappa shape index (κ2) is 11.4. The van der Waals surface area contributed by atoms with Gasteiger partial charge < -0.3 is 0 Å². The molecule has 0 aromatic rings. The minimum atomic E-state index is 0.729. The molecule has 0 atom stereocenters. The van der Waals surface area contributed by atoms with Crippen molar-refractivity contribution in [3.63, 3.8) is 0 Å². The molecule has 4 nitrogen and oxygen atoms in total. The van der Waals surface area contributed by atoms with Crippen LogP contribution in [0, 0.1) is 0 Å². The van der Waals surface area contributed by atoms with Gasteiger partial charge in [0.25, 0.3) is 0 Å². The van der Waals surface area contributed by atoms with E-state index in [2.05, 4.69) is 15.4 Å². The van der Waals surface area contributed by atoms with Gasteiger partial charge in [-0.1, -0.05) is 44.9 Å². The molecule has 0 saturated carbocycles. The van der Waals surface area contributed by atoms with Crippen molar-refractivity contribution in [3.8, 4) is 0 Å². The van der Waals surface area contributed by atoms with Crippen LogP contribution in [0.5, 0.6) is 0 Å². The zero-order chi connectivity index (χ0) is 12.0. The molecular formula is C13H24N2O2. The lowest BCUT2D eigenvalue weighted by atomic mass is 10.1. The van der Waals surface area contributed by atoms with Gasteiger partial charge in [-0.2, -0.15) is 0 Å². The highest BCUT2D eigenvalue weighted by Crippen LogP contribution is 2.11. The Morgan fingerprint density at radius 1 is 0.765 bits per heavy atom. The highest BCUT2D eigenvalue weighted by atomic mass is 17.3. The summed E-state index contributed by atoms with van der Waals surface area (Å²) in [4.78, 5) is 9.25.